The molecule has 1 aliphatic rings. The molecule has 9 nitrogen and oxygen atoms in total. The zero-order valence-electron chi connectivity index (χ0n) is 14.5. The molecule has 0 spiro atoms. The van der Waals surface area contributed by atoms with Crippen LogP contribution in [0.2, 0.25) is 0 Å². The Morgan fingerprint density at radius 1 is 1.48 bits per heavy atom. The quantitative estimate of drug-likeness (QED) is 0.474. The van der Waals surface area contributed by atoms with Crippen molar-refractivity contribution in [3.8, 4) is 0 Å². The van der Waals surface area contributed by atoms with E-state index in [1.807, 2.05) is 0 Å². The number of rotatable bonds is 7. The van der Waals surface area contributed by atoms with Crippen molar-refractivity contribution in [3.05, 3.63) is 24.2 Å². The van der Waals surface area contributed by atoms with Gasteiger partial charge in [-0.15, -0.1) is 0 Å². The van der Waals surface area contributed by atoms with Gasteiger partial charge >= 0.3 is 146 Å². The van der Waals surface area contributed by atoms with E-state index in [9.17, 15) is 14.5 Å². The number of esters is 1. The molecule has 1 atom stereocenters. The summed E-state index contributed by atoms with van der Waals surface area (Å²) in [7, 11) is -2.45. The van der Waals surface area contributed by atoms with E-state index in [1.54, 1.807) is 26.0 Å². The number of carbonyl (C=O) groups is 2. The van der Waals surface area contributed by atoms with E-state index in [2.05, 4.69) is 15.1 Å². The topological polar surface area (TPSA) is 119 Å². The molecule has 1 aliphatic heterocycles. The van der Waals surface area contributed by atoms with Crippen molar-refractivity contribution in [2.24, 2.45) is 5.41 Å². The number of ether oxygens (including phenoxy) is 1. The predicted molar refractivity (Wildman–Crippen MR) is 90.3 cm³/mol. The molecule has 142 valence electrons. The maximum absolute atomic E-state index is 12.4. The van der Waals surface area contributed by atoms with Gasteiger partial charge in [0.15, 0.2) is 0 Å². The summed E-state index contributed by atoms with van der Waals surface area (Å²) in [6.45, 7) is 4.10. The number of amides is 1. The van der Waals surface area contributed by atoms with E-state index in [4.69, 9.17) is 13.5 Å². The summed E-state index contributed by atoms with van der Waals surface area (Å²) >= 11 is 0. The summed E-state index contributed by atoms with van der Waals surface area (Å²) in [5, 5.41) is 5.43. The minimum atomic E-state index is -3.74. The van der Waals surface area contributed by atoms with Gasteiger partial charge in [0.1, 0.15) is 0 Å². The summed E-state index contributed by atoms with van der Waals surface area (Å²) in [6, 6.07) is 3.47. The molecule has 1 aromatic heterocycles. The minimum absolute atomic E-state index is 0.0598. The third-order valence-corrected chi connectivity index (χ3v) is 5.50. The van der Waals surface area contributed by atoms with E-state index in [1.165, 1.54) is 13.4 Å². The summed E-state index contributed by atoms with van der Waals surface area (Å²) < 4.78 is 20.8. The Labute approximate surface area is 146 Å². The van der Waals surface area contributed by atoms with Gasteiger partial charge in [0.2, 0.25) is 0 Å². The molecule has 2 heterocycles. The average molecular weight is 376 g/mol. The number of hydrogen-bond donors (Lipinski definition) is 3. The molecule has 25 heavy (non-hydrogen) atoms. The Kier molecular flexibility index (Phi) is 6.53. The molecular weight excluding hydrogens is 351 g/mol. The monoisotopic (exact) mass is 376 g/mol. The fraction of sp³-hybridized carbons (Fsp3) is 0.600. The number of carbonyl (C=O) groups excluding carboxylic acids is 2. The van der Waals surface area contributed by atoms with Gasteiger partial charge in [0.05, 0.1) is 0 Å². The molecule has 2 rings (SSSR count). The van der Waals surface area contributed by atoms with Gasteiger partial charge in [-0.25, -0.2) is 0 Å². The molecule has 10 heteroatoms. The standard InChI is InChI=1S/C15H25N2O7P/c1-15(2)10-23-25(20,17-9-11-5-4-8-22-11)24-13(15)14(19)16-7-6-12(18)21-3/h4-5,8,13,17,20,25H,6-7,9-10H2,1-3H3,(H,16,19)/t13-/m0/s1. The molecule has 0 radical (unpaired) electrons. The predicted octanol–water partition coefficient (Wildman–Crippen LogP) is 0.892. The van der Waals surface area contributed by atoms with Crippen LogP contribution in [0, 0.1) is 5.41 Å². The van der Waals surface area contributed by atoms with Crippen LogP contribution >= 0.6 is 8.09 Å². The Bertz CT molecular complexity index is 593. The summed E-state index contributed by atoms with van der Waals surface area (Å²) in [5.41, 5.74) is -0.638. The molecule has 1 fully saturated rings. The molecule has 0 aliphatic carbocycles. The van der Waals surface area contributed by atoms with Crippen molar-refractivity contribution in [1.82, 2.24) is 10.4 Å². The van der Waals surface area contributed by atoms with Crippen molar-refractivity contribution in [2.75, 3.05) is 20.3 Å². The fourth-order valence-corrected chi connectivity index (χ4v) is 4.27. The molecule has 0 saturated carbocycles. The van der Waals surface area contributed by atoms with Crippen molar-refractivity contribution in [3.63, 3.8) is 0 Å². The average Bonchev–Trinajstić information content (AvgIpc) is 3.09. The normalized spacial score (nSPS) is 22.8. The van der Waals surface area contributed by atoms with Crippen molar-refractivity contribution >= 4 is 20.0 Å². The first-order chi connectivity index (χ1) is 11.8. The molecule has 1 amide bonds. The third kappa shape index (κ3) is 5.49. The van der Waals surface area contributed by atoms with Crippen LogP contribution in [0.25, 0.3) is 0 Å². The second-order valence-corrected chi connectivity index (χ2v) is 8.45. The number of hydrogen-bond acceptors (Lipinski definition) is 8. The molecule has 1 saturated heterocycles. The first-order valence-electron chi connectivity index (χ1n) is 7.92. The zero-order chi connectivity index (χ0) is 18.5. The van der Waals surface area contributed by atoms with Crippen LogP contribution in [0.1, 0.15) is 26.0 Å². The van der Waals surface area contributed by atoms with Gasteiger partial charge in [-0.05, 0) is 0 Å². The maximum atomic E-state index is 12.4. The molecule has 3 N–H and O–H groups in total. The summed E-state index contributed by atoms with van der Waals surface area (Å²) in [4.78, 5) is 34.1. The number of methoxy groups -OCH3 is 1. The van der Waals surface area contributed by atoms with Gasteiger partial charge in [0, 0.05) is 0 Å². The first-order valence-corrected chi connectivity index (χ1v) is 9.68. The Morgan fingerprint density at radius 2 is 2.24 bits per heavy atom. The summed E-state index contributed by atoms with van der Waals surface area (Å²) in [6.07, 6.45) is 0.663. The van der Waals surface area contributed by atoms with Gasteiger partial charge < -0.3 is 0 Å². The van der Waals surface area contributed by atoms with Gasteiger partial charge in [-0.3, -0.25) is 0 Å². The number of nitrogens with one attached hydrogen (secondary N) is 2. The van der Waals surface area contributed by atoms with Crippen LogP contribution in [0.15, 0.2) is 22.8 Å². The Hall–Kier alpha value is -1.51. The van der Waals surface area contributed by atoms with Gasteiger partial charge in [0.25, 0.3) is 0 Å². The summed E-state index contributed by atoms with van der Waals surface area (Å²) in [5.74, 6) is -0.224. The van der Waals surface area contributed by atoms with Crippen LogP contribution in [0.4, 0.5) is 0 Å². The SMILES string of the molecule is COC(=O)CCNC(=O)[C@@H]1O[PH](O)(NCc2ccco2)OCC1(C)C. The second-order valence-electron chi connectivity index (χ2n) is 6.41. The fourth-order valence-electron chi connectivity index (χ4n) is 2.31. The molecule has 0 bridgehead atoms. The van der Waals surface area contributed by atoms with E-state index >= 15 is 0 Å². The second kappa shape index (κ2) is 8.25. The van der Waals surface area contributed by atoms with Gasteiger partial charge in [-0.2, -0.15) is 0 Å². The van der Waals surface area contributed by atoms with Crippen molar-refractivity contribution < 1.29 is 32.7 Å². The molecule has 1 aromatic rings. The van der Waals surface area contributed by atoms with Crippen LogP contribution in [-0.2, 0) is 29.9 Å². The third-order valence-electron chi connectivity index (χ3n) is 3.79. The Morgan fingerprint density at radius 3 is 2.88 bits per heavy atom. The van der Waals surface area contributed by atoms with Crippen molar-refractivity contribution in [1.29, 1.82) is 0 Å². The van der Waals surface area contributed by atoms with Crippen LogP contribution in [0.5, 0.6) is 0 Å². The van der Waals surface area contributed by atoms with E-state index in [0.717, 1.165) is 0 Å². The zero-order valence-corrected chi connectivity index (χ0v) is 15.5. The van der Waals surface area contributed by atoms with Gasteiger partial charge in [-0.1, -0.05) is 0 Å². The molecule has 0 aromatic carbocycles. The first kappa shape index (κ1) is 19.8. The van der Waals surface area contributed by atoms with E-state index in [0.29, 0.717) is 5.76 Å². The van der Waals surface area contributed by atoms with Crippen molar-refractivity contribution in [2.45, 2.75) is 32.9 Å². The van der Waals surface area contributed by atoms with E-state index in [-0.39, 0.29) is 26.1 Å². The van der Waals surface area contributed by atoms with E-state index < -0.39 is 31.5 Å². The molecule has 0 unspecified atom stereocenters. The number of furan rings is 1. The van der Waals surface area contributed by atoms with Crippen LogP contribution in [-0.4, -0.2) is 43.1 Å². The Balaban J connectivity index is 1.94. The molecular formula is C15H25N2O7P. The van der Waals surface area contributed by atoms with Crippen LogP contribution < -0.4 is 10.4 Å². The van der Waals surface area contributed by atoms with Crippen LogP contribution in [0.3, 0.4) is 0 Å².